The smallest absolute Gasteiger partial charge is 0.0817 e. The van der Waals surface area contributed by atoms with E-state index < -0.39 is 0 Å². The van der Waals surface area contributed by atoms with Crippen LogP contribution in [-0.2, 0) is 5.41 Å². The van der Waals surface area contributed by atoms with E-state index in [1.165, 1.54) is 44.2 Å². The van der Waals surface area contributed by atoms with Crippen molar-refractivity contribution in [2.45, 2.75) is 31.5 Å². The number of fused-ring (bicyclic) bond motifs is 4. The second-order valence-electron chi connectivity index (χ2n) is 16.8. The summed E-state index contributed by atoms with van der Waals surface area (Å²) < 4.78 is 0. The van der Waals surface area contributed by atoms with Crippen molar-refractivity contribution in [3.05, 3.63) is 246 Å². The molecular formula is C59H49N3. The first-order valence-electron chi connectivity index (χ1n) is 21.5. The first kappa shape index (κ1) is 38.9. The molecule has 9 aromatic rings. The monoisotopic (exact) mass is 799 g/mol. The molecule has 4 N–H and O–H groups in total. The highest BCUT2D eigenvalue weighted by Gasteiger charge is 2.37. The number of hydrogen-bond donors (Lipinski definition) is 3. The third-order valence-electron chi connectivity index (χ3n) is 12.5. The fraction of sp³-hybridized carbons (Fsp3) is 0.0847. The zero-order chi connectivity index (χ0) is 42.0. The summed E-state index contributed by atoms with van der Waals surface area (Å²) in [7, 11) is 0. The lowest BCUT2D eigenvalue weighted by atomic mass is 9.81. The SMILES string of the molecule is CC1(C)c2cc3ccccc3cc2-c2c(-c3cccc(/C=C/C(NC(N)c4ccccc4)c4cccc(-c5cccc(-c6ccccc6)c5Nc5ccccc5)c4)c3)cccc21. The molecule has 0 amide bonds. The van der Waals surface area contributed by atoms with Gasteiger partial charge in [0.25, 0.3) is 0 Å². The summed E-state index contributed by atoms with van der Waals surface area (Å²) in [6.45, 7) is 4.72. The van der Waals surface area contributed by atoms with E-state index in [0.29, 0.717) is 0 Å². The van der Waals surface area contributed by atoms with Gasteiger partial charge in [0.05, 0.1) is 17.9 Å². The van der Waals surface area contributed by atoms with Crippen LogP contribution in [0, 0.1) is 0 Å². The van der Waals surface area contributed by atoms with Crippen LogP contribution in [0.25, 0.3) is 61.4 Å². The number of benzene rings is 9. The molecule has 0 aromatic heterocycles. The number of nitrogens with two attached hydrogens (primary N) is 1. The Hall–Kier alpha value is -7.30. The average Bonchev–Trinajstić information content (AvgIpc) is 3.55. The topological polar surface area (TPSA) is 50.1 Å². The van der Waals surface area contributed by atoms with Gasteiger partial charge in [-0.3, -0.25) is 5.32 Å². The Labute approximate surface area is 365 Å². The highest BCUT2D eigenvalue weighted by molar-refractivity contribution is 5.99. The zero-order valence-corrected chi connectivity index (χ0v) is 35.1. The maximum atomic E-state index is 6.94. The molecule has 0 bridgehead atoms. The standard InChI is InChI=1S/C59H49N3/c1-59(2)53-33-17-30-49(56(53)52-38-43-23-12-13-24-44(43)39-54(52)59)45-25-14-18-40(36-45)34-35-55(62-58(60)42-21-8-4-9-22-42)47-27-15-26-46(37-47)51-32-16-31-50(41-19-6-3-7-20-41)57(51)61-48-28-10-5-11-29-48/h3-39,55,58,61-62H,60H2,1-2H3/b35-34+. The largest absolute Gasteiger partial charge is 0.355 e. The molecule has 0 saturated heterocycles. The molecule has 3 heteroatoms. The van der Waals surface area contributed by atoms with E-state index in [2.05, 4.69) is 225 Å². The molecule has 2 unspecified atom stereocenters. The molecular weight excluding hydrogens is 751 g/mol. The van der Waals surface area contributed by atoms with E-state index >= 15 is 0 Å². The van der Waals surface area contributed by atoms with Crippen molar-refractivity contribution in [3.8, 4) is 44.5 Å². The summed E-state index contributed by atoms with van der Waals surface area (Å²) in [4.78, 5) is 0. The molecule has 0 radical (unpaired) electrons. The summed E-state index contributed by atoms with van der Waals surface area (Å²) in [5.41, 5.74) is 24.6. The molecule has 9 aromatic carbocycles. The van der Waals surface area contributed by atoms with Gasteiger partial charge in [0, 0.05) is 22.2 Å². The minimum absolute atomic E-state index is 0.103. The Bertz CT molecular complexity index is 3060. The highest BCUT2D eigenvalue weighted by atomic mass is 15.0. The summed E-state index contributed by atoms with van der Waals surface area (Å²) in [5, 5.41) is 10.1. The molecule has 1 aliphatic carbocycles. The average molecular weight is 800 g/mol. The van der Waals surface area contributed by atoms with Crippen LogP contribution in [0.3, 0.4) is 0 Å². The van der Waals surface area contributed by atoms with Crippen LogP contribution in [0.2, 0.25) is 0 Å². The number of rotatable bonds is 11. The summed E-state index contributed by atoms with van der Waals surface area (Å²) in [6.07, 6.45) is 4.10. The number of hydrogen-bond acceptors (Lipinski definition) is 3. The Kier molecular flexibility index (Phi) is 10.4. The van der Waals surface area contributed by atoms with Crippen LogP contribution in [-0.4, -0.2) is 0 Å². The van der Waals surface area contributed by atoms with Gasteiger partial charge in [-0.05, 0) is 108 Å². The van der Waals surface area contributed by atoms with E-state index in [0.717, 1.165) is 50.3 Å². The van der Waals surface area contributed by atoms with Crippen LogP contribution >= 0.6 is 0 Å². The molecule has 0 aliphatic heterocycles. The predicted molar refractivity (Wildman–Crippen MR) is 262 cm³/mol. The van der Waals surface area contributed by atoms with Gasteiger partial charge in [0.1, 0.15) is 0 Å². The quantitative estimate of drug-likeness (QED) is 0.114. The van der Waals surface area contributed by atoms with Gasteiger partial charge in [0.15, 0.2) is 0 Å². The van der Waals surface area contributed by atoms with Gasteiger partial charge in [-0.1, -0.05) is 202 Å². The Morgan fingerprint density at radius 2 is 1.03 bits per heavy atom. The van der Waals surface area contributed by atoms with E-state index in [1.54, 1.807) is 0 Å². The second kappa shape index (κ2) is 16.6. The molecule has 10 rings (SSSR count). The molecule has 1 aliphatic rings. The van der Waals surface area contributed by atoms with Crippen molar-refractivity contribution in [1.29, 1.82) is 0 Å². The van der Waals surface area contributed by atoms with E-state index in [9.17, 15) is 0 Å². The lowest BCUT2D eigenvalue weighted by Crippen LogP contribution is -2.31. The summed E-state index contributed by atoms with van der Waals surface area (Å²) in [5.74, 6) is 0. The minimum Gasteiger partial charge on any atom is -0.355 e. The van der Waals surface area contributed by atoms with Crippen LogP contribution in [0.15, 0.2) is 218 Å². The van der Waals surface area contributed by atoms with E-state index in [-0.39, 0.29) is 17.6 Å². The summed E-state index contributed by atoms with van der Waals surface area (Å²) >= 11 is 0. The van der Waals surface area contributed by atoms with Gasteiger partial charge >= 0.3 is 0 Å². The lowest BCUT2D eigenvalue weighted by molar-refractivity contribution is 0.509. The van der Waals surface area contributed by atoms with Gasteiger partial charge in [-0.2, -0.15) is 0 Å². The highest BCUT2D eigenvalue weighted by Crippen LogP contribution is 2.53. The normalized spacial score (nSPS) is 13.7. The van der Waals surface area contributed by atoms with Crippen molar-refractivity contribution in [2.75, 3.05) is 5.32 Å². The third kappa shape index (κ3) is 7.54. The maximum Gasteiger partial charge on any atom is 0.0817 e. The molecule has 3 nitrogen and oxygen atoms in total. The predicted octanol–water partition coefficient (Wildman–Crippen LogP) is 14.9. The van der Waals surface area contributed by atoms with Crippen molar-refractivity contribution in [2.24, 2.45) is 5.73 Å². The number of nitrogens with one attached hydrogen (secondary N) is 2. The first-order chi connectivity index (χ1) is 30.4. The van der Waals surface area contributed by atoms with Gasteiger partial charge in [0.2, 0.25) is 0 Å². The molecule has 0 fully saturated rings. The molecule has 0 heterocycles. The van der Waals surface area contributed by atoms with Crippen LogP contribution < -0.4 is 16.4 Å². The summed E-state index contributed by atoms with van der Waals surface area (Å²) in [6, 6.07) is 75.7. The number of para-hydroxylation sites is 2. The fourth-order valence-corrected chi connectivity index (χ4v) is 9.29. The molecule has 62 heavy (non-hydrogen) atoms. The second-order valence-corrected chi connectivity index (χ2v) is 16.8. The van der Waals surface area contributed by atoms with Crippen LogP contribution in [0.4, 0.5) is 11.4 Å². The maximum absolute atomic E-state index is 6.94. The molecule has 2 atom stereocenters. The van der Waals surface area contributed by atoms with Crippen LogP contribution in [0.5, 0.6) is 0 Å². The van der Waals surface area contributed by atoms with Crippen molar-refractivity contribution < 1.29 is 0 Å². The fourth-order valence-electron chi connectivity index (χ4n) is 9.29. The number of anilines is 2. The van der Waals surface area contributed by atoms with Gasteiger partial charge < -0.3 is 11.1 Å². The van der Waals surface area contributed by atoms with Gasteiger partial charge in [-0.25, -0.2) is 0 Å². The molecule has 0 spiro atoms. The zero-order valence-electron chi connectivity index (χ0n) is 35.1. The van der Waals surface area contributed by atoms with Gasteiger partial charge in [-0.15, -0.1) is 0 Å². The van der Waals surface area contributed by atoms with Crippen molar-refractivity contribution >= 4 is 28.2 Å². The van der Waals surface area contributed by atoms with E-state index in [1.807, 2.05) is 24.3 Å². The Morgan fingerprint density at radius 1 is 0.468 bits per heavy atom. The first-order valence-corrected chi connectivity index (χ1v) is 21.5. The Balaban J connectivity index is 1.03. The molecule has 0 saturated carbocycles. The third-order valence-corrected chi connectivity index (χ3v) is 12.5. The molecule has 300 valence electrons. The minimum atomic E-state index is -0.385. The lowest BCUT2D eigenvalue weighted by Gasteiger charge is -2.23. The van der Waals surface area contributed by atoms with Crippen molar-refractivity contribution in [3.63, 3.8) is 0 Å². The van der Waals surface area contributed by atoms with Crippen molar-refractivity contribution in [1.82, 2.24) is 5.32 Å². The Morgan fingerprint density at radius 3 is 1.79 bits per heavy atom. The van der Waals surface area contributed by atoms with Crippen LogP contribution in [0.1, 0.15) is 53.9 Å². The van der Waals surface area contributed by atoms with E-state index in [4.69, 9.17) is 5.73 Å².